The van der Waals surface area contributed by atoms with Crippen LogP contribution in [0.5, 0.6) is 0 Å². The summed E-state index contributed by atoms with van der Waals surface area (Å²) in [7, 11) is 0. The van der Waals surface area contributed by atoms with E-state index in [1.165, 1.54) is 0 Å². The maximum atomic E-state index is 12.3. The van der Waals surface area contributed by atoms with Crippen molar-refractivity contribution < 1.29 is 9.32 Å². The Balaban J connectivity index is 1.74. The number of rotatable bonds is 4. The lowest BCUT2D eigenvalue weighted by Gasteiger charge is -2.10. The molecule has 0 radical (unpaired) electrons. The Labute approximate surface area is 148 Å². The second-order valence-electron chi connectivity index (χ2n) is 5.50. The van der Waals surface area contributed by atoms with Crippen LogP contribution in [0, 0.1) is 6.92 Å². The third kappa shape index (κ3) is 3.54. The number of hydrogen-bond acceptors (Lipinski definition) is 4. The number of hydrogen-bond donors (Lipinski definition) is 1. The van der Waals surface area contributed by atoms with Crippen molar-refractivity contribution in [3.63, 3.8) is 0 Å². The molecule has 1 atom stereocenters. The molecule has 122 valence electrons. The zero-order valence-electron chi connectivity index (χ0n) is 13.3. The topological polar surface area (TPSA) is 68.0 Å². The van der Waals surface area contributed by atoms with Gasteiger partial charge in [-0.2, -0.15) is 4.98 Å². The lowest BCUT2D eigenvalue weighted by atomic mass is 10.1. The van der Waals surface area contributed by atoms with E-state index in [9.17, 15) is 4.79 Å². The van der Waals surface area contributed by atoms with Gasteiger partial charge in [0, 0.05) is 10.0 Å². The molecule has 0 aliphatic rings. The number of benzene rings is 2. The first kappa shape index (κ1) is 16.4. The van der Waals surface area contributed by atoms with Gasteiger partial charge in [-0.1, -0.05) is 47.1 Å². The molecular formula is C18H16BrN3O2. The molecule has 0 aliphatic carbocycles. The van der Waals surface area contributed by atoms with Crippen molar-refractivity contribution in [3.8, 4) is 11.4 Å². The van der Waals surface area contributed by atoms with Gasteiger partial charge in [-0.15, -0.1) is 0 Å². The van der Waals surface area contributed by atoms with E-state index >= 15 is 0 Å². The van der Waals surface area contributed by atoms with E-state index in [2.05, 4.69) is 31.4 Å². The molecule has 0 fully saturated rings. The van der Waals surface area contributed by atoms with Crippen LogP contribution in [0.15, 0.2) is 57.5 Å². The van der Waals surface area contributed by atoms with Crippen LogP contribution in [-0.4, -0.2) is 16.0 Å². The van der Waals surface area contributed by atoms with Crippen molar-refractivity contribution in [1.82, 2.24) is 15.5 Å². The molecule has 0 saturated heterocycles. The van der Waals surface area contributed by atoms with E-state index in [0.29, 0.717) is 17.3 Å². The van der Waals surface area contributed by atoms with Crippen molar-refractivity contribution in [2.45, 2.75) is 19.9 Å². The molecule has 0 aliphatic heterocycles. The highest BCUT2D eigenvalue weighted by Crippen LogP contribution is 2.20. The number of halogens is 1. The molecule has 1 amide bonds. The van der Waals surface area contributed by atoms with Gasteiger partial charge in [0.2, 0.25) is 11.7 Å². The molecule has 1 aromatic heterocycles. The Morgan fingerprint density at radius 2 is 1.88 bits per heavy atom. The lowest BCUT2D eigenvalue weighted by Crippen LogP contribution is -2.27. The van der Waals surface area contributed by atoms with Gasteiger partial charge in [-0.05, 0) is 41.9 Å². The van der Waals surface area contributed by atoms with Gasteiger partial charge in [0.05, 0.1) is 5.56 Å². The van der Waals surface area contributed by atoms with Gasteiger partial charge in [0.1, 0.15) is 6.04 Å². The van der Waals surface area contributed by atoms with Crippen molar-refractivity contribution >= 4 is 21.8 Å². The highest BCUT2D eigenvalue weighted by atomic mass is 79.9. The zero-order chi connectivity index (χ0) is 17.1. The fraction of sp³-hybridized carbons (Fsp3) is 0.167. The van der Waals surface area contributed by atoms with Crippen LogP contribution >= 0.6 is 15.9 Å². The van der Waals surface area contributed by atoms with E-state index < -0.39 is 6.04 Å². The molecule has 3 aromatic rings. The van der Waals surface area contributed by atoms with Crippen LogP contribution in [0.2, 0.25) is 0 Å². The third-order valence-electron chi connectivity index (χ3n) is 3.59. The molecule has 2 aromatic carbocycles. The molecule has 1 heterocycles. The van der Waals surface area contributed by atoms with Crippen molar-refractivity contribution in [2.24, 2.45) is 0 Å². The van der Waals surface area contributed by atoms with E-state index in [0.717, 1.165) is 15.6 Å². The molecule has 0 spiro atoms. The van der Waals surface area contributed by atoms with Gasteiger partial charge in [-0.25, -0.2) is 0 Å². The van der Waals surface area contributed by atoms with Crippen molar-refractivity contribution in [2.75, 3.05) is 0 Å². The number of carbonyl (C=O) groups is 1. The van der Waals surface area contributed by atoms with Crippen LogP contribution in [0.1, 0.15) is 34.8 Å². The summed E-state index contributed by atoms with van der Waals surface area (Å²) in [6.45, 7) is 3.83. The predicted molar refractivity (Wildman–Crippen MR) is 94.5 cm³/mol. The Kier molecular flexibility index (Phi) is 4.76. The van der Waals surface area contributed by atoms with Crippen LogP contribution in [0.4, 0.5) is 0 Å². The van der Waals surface area contributed by atoms with Gasteiger partial charge >= 0.3 is 0 Å². The molecule has 0 bridgehead atoms. The first-order chi connectivity index (χ1) is 11.5. The Morgan fingerprint density at radius 1 is 1.17 bits per heavy atom. The molecule has 1 N–H and O–H groups in total. The zero-order valence-corrected chi connectivity index (χ0v) is 14.9. The summed E-state index contributed by atoms with van der Waals surface area (Å²) in [4.78, 5) is 16.7. The average molecular weight is 386 g/mol. The first-order valence-electron chi connectivity index (χ1n) is 7.50. The monoisotopic (exact) mass is 385 g/mol. The van der Waals surface area contributed by atoms with Gasteiger partial charge < -0.3 is 9.84 Å². The van der Waals surface area contributed by atoms with Crippen LogP contribution < -0.4 is 5.32 Å². The molecule has 24 heavy (non-hydrogen) atoms. The third-order valence-corrected chi connectivity index (χ3v) is 4.28. The van der Waals surface area contributed by atoms with Crippen LogP contribution in [-0.2, 0) is 0 Å². The Morgan fingerprint density at radius 3 is 2.58 bits per heavy atom. The number of nitrogens with zero attached hydrogens (tertiary/aromatic N) is 2. The summed E-state index contributed by atoms with van der Waals surface area (Å²) >= 11 is 3.37. The fourth-order valence-corrected chi connectivity index (χ4v) is 2.68. The van der Waals surface area contributed by atoms with E-state index in [-0.39, 0.29) is 5.91 Å². The predicted octanol–water partition coefficient (Wildman–Crippen LogP) is 4.30. The van der Waals surface area contributed by atoms with Crippen LogP contribution in [0.3, 0.4) is 0 Å². The van der Waals surface area contributed by atoms with E-state index in [4.69, 9.17) is 4.52 Å². The summed E-state index contributed by atoms with van der Waals surface area (Å²) in [6, 6.07) is 14.7. The summed E-state index contributed by atoms with van der Waals surface area (Å²) in [5.41, 5.74) is 2.60. The Bertz CT molecular complexity index is 859. The second-order valence-corrected chi connectivity index (χ2v) is 6.35. The largest absolute Gasteiger partial charge is 0.340 e. The maximum absolute atomic E-state index is 12.3. The SMILES string of the molecule is Cc1ccc(-c2noc([C@@H](C)NC(=O)c3ccccc3Br)n2)cc1. The van der Waals surface area contributed by atoms with E-state index in [1.54, 1.807) is 13.0 Å². The highest BCUT2D eigenvalue weighted by molar-refractivity contribution is 9.10. The minimum Gasteiger partial charge on any atom is -0.340 e. The van der Waals surface area contributed by atoms with Gasteiger partial charge in [-0.3, -0.25) is 4.79 Å². The number of amides is 1. The van der Waals surface area contributed by atoms with Crippen molar-refractivity contribution in [3.05, 3.63) is 70.0 Å². The number of aryl methyl sites for hydroxylation is 1. The maximum Gasteiger partial charge on any atom is 0.253 e. The van der Waals surface area contributed by atoms with Gasteiger partial charge in [0.15, 0.2) is 0 Å². The number of nitrogens with one attached hydrogen (secondary N) is 1. The number of carbonyl (C=O) groups excluding carboxylic acids is 1. The molecule has 3 rings (SSSR count). The molecule has 0 unspecified atom stereocenters. The highest BCUT2D eigenvalue weighted by Gasteiger charge is 2.19. The smallest absolute Gasteiger partial charge is 0.253 e. The summed E-state index contributed by atoms with van der Waals surface area (Å²) in [5, 5.41) is 6.85. The first-order valence-corrected chi connectivity index (χ1v) is 8.30. The molecule has 6 heteroatoms. The molecule has 0 saturated carbocycles. The van der Waals surface area contributed by atoms with Crippen molar-refractivity contribution in [1.29, 1.82) is 0 Å². The Hall–Kier alpha value is -2.47. The average Bonchev–Trinajstić information content (AvgIpc) is 3.06. The quantitative estimate of drug-likeness (QED) is 0.726. The standard InChI is InChI=1S/C18H16BrN3O2/c1-11-7-9-13(10-8-11)16-21-18(24-22-16)12(2)20-17(23)14-5-3-4-6-15(14)19/h3-10,12H,1-2H3,(H,20,23)/t12-/m1/s1. The summed E-state index contributed by atoms with van der Waals surface area (Å²) in [6.07, 6.45) is 0. The summed E-state index contributed by atoms with van der Waals surface area (Å²) in [5.74, 6) is 0.669. The molecular weight excluding hydrogens is 370 g/mol. The van der Waals surface area contributed by atoms with E-state index in [1.807, 2.05) is 49.4 Å². The minimum atomic E-state index is -0.392. The summed E-state index contributed by atoms with van der Waals surface area (Å²) < 4.78 is 6.03. The molecule has 5 nitrogen and oxygen atoms in total. The minimum absolute atomic E-state index is 0.204. The lowest BCUT2D eigenvalue weighted by molar-refractivity contribution is 0.0931. The van der Waals surface area contributed by atoms with Gasteiger partial charge in [0.25, 0.3) is 5.91 Å². The number of aromatic nitrogens is 2. The second kappa shape index (κ2) is 6.97. The normalized spacial score (nSPS) is 12.0. The van der Waals surface area contributed by atoms with Crippen LogP contribution in [0.25, 0.3) is 11.4 Å². The fourth-order valence-electron chi connectivity index (χ4n) is 2.21.